The van der Waals surface area contributed by atoms with Gasteiger partial charge in [0.15, 0.2) is 11.0 Å². The van der Waals surface area contributed by atoms with E-state index in [1.807, 2.05) is 54.9 Å². The lowest BCUT2D eigenvalue weighted by atomic mass is 10.2. The summed E-state index contributed by atoms with van der Waals surface area (Å²) >= 11 is 14.2. The molecular weight excluding hydrogens is 516 g/mol. The van der Waals surface area contributed by atoms with Crippen LogP contribution in [0.3, 0.4) is 0 Å². The van der Waals surface area contributed by atoms with Crippen LogP contribution in [0.5, 0.6) is 0 Å². The first-order valence-electron chi connectivity index (χ1n) is 7.89. The number of nitrogens with zero attached hydrogens (tertiary/aromatic N) is 3. The van der Waals surface area contributed by atoms with Crippen LogP contribution in [0.15, 0.2) is 50.5 Å². The molecule has 0 aliphatic carbocycles. The van der Waals surface area contributed by atoms with Gasteiger partial charge in [-0.25, -0.2) is 0 Å². The van der Waals surface area contributed by atoms with Crippen LogP contribution in [-0.2, 0) is 11.8 Å². The quantitative estimate of drug-likeness (QED) is 0.430. The summed E-state index contributed by atoms with van der Waals surface area (Å²) in [6.07, 6.45) is 0. The number of anilines is 1. The Bertz CT molecular complexity index is 969. The lowest BCUT2D eigenvalue weighted by Gasteiger charge is -2.10. The summed E-state index contributed by atoms with van der Waals surface area (Å²) in [6.45, 7) is 1.99. The fourth-order valence-corrected chi connectivity index (χ4v) is 4.87. The lowest BCUT2D eigenvalue weighted by molar-refractivity contribution is -0.113. The third kappa shape index (κ3) is 4.93. The summed E-state index contributed by atoms with van der Waals surface area (Å²) in [5, 5.41) is 12.6. The number of hydrogen-bond donors (Lipinski definition) is 1. The van der Waals surface area contributed by atoms with Gasteiger partial charge in [-0.3, -0.25) is 4.79 Å². The Labute approximate surface area is 183 Å². The number of carbonyl (C=O) groups excluding carboxylic acids is 1. The molecule has 0 saturated heterocycles. The Morgan fingerprint density at radius 1 is 1.19 bits per heavy atom. The van der Waals surface area contributed by atoms with Crippen LogP contribution in [0.2, 0.25) is 5.02 Å². The monoisotopic (exact) mass is 528 g/mol. The minimum absolute atomic E-state index is 0.124. The second kappa shape index (κ2) is 8.77. The predicted octanol–water partition coefficient (Wildman–Crippen LogP) is 5.70. The molecule has 0 spiro atoms. The molecule has 3 aromatic rings. The SMILES string of the molecule is Cc1cc(Br)c(NC(=O)CSc2nnc(-c3ccc(Cl)cc3)n2C)c(Br)c1. The summed E-state index contributed by atoms with van der Waals surface area (Å²) in [6, 6.07) is 11.3. The van der Waals surface area contributed by atoms with Crippen molar-refractivity contribution in [3.05, 3.63) is 55.9 Å². The second-order valence-electron chi connectivity index (χ2n) is 5.81. The summed E-state index contributed by atoms with van der Waals surface area (Å²) in [5.41, 5.74) is 2.72. The molecule has 27 heavy (non-hydrogen) atoms. The first-order valence-corrected chi connectivity index (χ1v) is 10.8. The average molecular weight is 531 g/mol. The maximum Gasteiger partial charge on any atom is 0.234 e. The Hall–Kier alpha value is -1.35. The van der Waals surface area contributed by atoms with Crippen molar-refractivity contribution in [2.24, 2.45) is 7.05 Å². The van der Waals surface area contributed by atoms with Crippen LogP contribution >= 0.6 is 55.2 Å². The van der Waals surface area contributed by atoms with E-state index in [9.17, 15) is 4.79 Å². The van der Waals surface area contributed by atoms with E-state index in [2.05, 4.69) is 47.4 Å². The van der Waals surface area contributed by atoms with Gasteiger partial charge in [-0.1, -0.05) is 23.4 Å². The highest BCUT2D eigenvalue weighted by Gasteiger charge is 2.15. The van der Waals surface area contributed by atoms with Crippen molar-refractivity contribution in [1.82, 2.24) is 14.8 Å². The number of aromatic nitrogens is 3. The smallest absolute Gasteiger partial charge is 0.234 e. The van der Waals surface area contributed by atoms with Gasteiger partial charge in [-0.2, -0.15) is 0 Å². The van der Waals surface area contributed by atoms with Crippen LogP contribution in [0.1, 0.15) is 5.56 Å². The molecular formula is C18H15Br2ClN4OS. The van der Waals surface area contributed by atoms with E-state index in [1.54, 1.807) is 0 Å². The molecule has 0 unspecified atom stereocenters. The van der Waals surface area contributed by atoms with Crippen LogP contribution in [-0.4, -0.2) is 26.4 Å². The molecule has 0 aliphatic rings. The van der Waals surface area contributed by atoms with Gasteiger partial charge in [0.05, 0.1) is 11.4 Å². The summed E-state index contributed by atoms with van der Waals surface area (Å²) in [7, 11) is 1.87. The van der Waals surface area contributed by atoms with Gasteiger partial charge < -0.3 is 9.88 Å². The molecule has 0 saturated carbocycles. The van der Waals surface area contributed by atoms with Crippen molar-refractivity contribution in [3.8, 4) is 11.4 Å². The molecule has 1 heterocycles. The van der Waals surface area contributed by atoms with Gasteiger partial charge in [-0.05, 0) is 80.7 Å². The molecule has 0 aliphatic heterocycles. The maximum atomic E-state index is 12.4. The number of nitrogens with one attached hydrogen (secondary N) is 1. The molecule has 0 radical (unpaired) electrons. The van der Waals surface area contributed by atoms with Crippen molar-refractivity contribution >= 4 is 66.8 Å². The maximum absolute atomic E-state index is 12.4. The van der Waals surface area contributed by atoms with E-state index < -0.39 is 0 Å². The molecule has 9 heteroatoms. The third-order valence-electron chi connectivity index (χ3n) is 3.72. The van der Waals surface area contributed by atoms with Crippen LogP contribution < -0.4 is 5.32 Å². The highest BCUT2D eigenvalue weighted by Crippen LogP contribution is 2.32. The first-order chi connectivity index (χ1) is 12.8. The second-order valence-corrected chi connectivity index (χ2v) is 8.90. The van der Waals surface area contributed by atoms with Crippen LogP contribution in [0, 0.1) is 6.92 Å². The molecule has 0 bridgehead atoms. The standard InChI is InChI=1S/C18H15Br2ClN4OS/c1-10-7-13(19)16(14(20)8-10)22-15(26)9-27-18-24-23-17(25(18)2)11-3-5-12(21)6-4-11/h3-8H,9H2,1-2H3,(H,22,26). The van der Waals surface area contributed by atoms with Crippen molar-refractivity contribution in [3.63, 3.8) is 0 Å². The number of benzene rings is 2. The van der Waals surface area contributed by atoms with Gasteiger partial charge in [0.25, 0.3) is 0 Å². The van der Waals surface area contributed by atoms with Crippen LogP contribution in [0.25, 0.3) is 11.4 Å². The van der Waals surface area contributed by atoms with Gasteiger partial charge >= 0.3 is 0 Å². The van der Waals surface area contributed by atoms with Gasteiger partial charge in [0.2, 0.25) is 5.91 Å². The molecule has 140 valence electrons. The van der Waals surface area contributed by atoms with Crippen molar-refractivity contribution in [2.45, 2.75) is 12.1 Å². The van der Waals surface area contributed by atoms with E-state index >= 15 is 0 Å². The number of hydrogen-bond acceptors (Lipinski definition) is 4. The van der Waals surface area contributed by atoms with E-state index in [4.69, 9.17) is 11.6 Å². The Balaban J connectivity index is 1.67. The fraction of sp³-hybridized carbons (Fsp3) is 0.167. The van der Waals surface area contributed by atoms with Crippen molar-refractivity contribution in [1.29, 1.82) is 0 Å². The van der Waals surface area contributed by atoms with Gasteiger partial charge in [0, 0.05) is 26.6 Å². The topological polar surface area (TPSA) is 59.8 Å². The highest BCUT2D eigenvalue weighted by molar-refractivity contribution is 9.11. The molecule has 1 amide bonds. The number of rotatable bonds is 5. The van der Waals surface area contributed by atoms with Crippen molar-refractivity contribution < 1.29 is 4.79 Å². The van der Waals surface area contributed by atoms with E-state index in [0.717, 1.165) is 25.9 Å². The normalized spacial score (nSPS) is 10.9. The number of halogens is 3. The third-order valence-corrected chi connectivity index (χ3v) is 6.24. The minimum Gasteiger partial charge on any atom is -0.323 e. The number of carbonyl (C=O) groups is 1. The van der Waals surface area contributed by atoms with Crippen molar-refractivity contribution in [2.75, 3.05) is 11.1 Å². The molecule has 0 atom stereocenters. The zero-order chi connectivity index (χ0) is 19.6. The lowest BCUT2D eigenvalue weighted by Crippen LogP contribution is -2.15. The van der Waals surface area contributed by atoms with Gasteiger partial charge in [0.1, 0.15) is 0 Å². The molecule has 1 N–H and O–H groups in total. The Kier molecular flexibility index (Phi) is 6.62. The zero-order valence-corrected chi connectivity index (χ0v) is 19.2. The van der Waals surface area contributed by atoms with E-state index in [1.165, 1.54) is 11.8 Å². The first kappa shape index (κ1) is 20.4. The highest BCUT2D eigenvalue weighted by atomic mass is 79.9. The summed E-state index contributed by atoms with van der Waals surface area (Å²) in [4.78, 5) is 12.4. The fourth-order valence-electron chi connectivity index (χ4n) is 2.42. The predicted molar refractivity (Wildman–Crippen MR) is 117 cm³/mol. The minimum atomic E-state index is -0.124. The summed E-state index contributed by atoms with van der Waals surface area (Å²) < 4.78 is 3.52. The summed E-state index contributed by atoms with van der Waals surface area (Å²) in [5.74, 6) is 0.819. The average Bonchev–Trinajstić information content (AvgIpc) is 2.98. The Morgan fingerprint density at radius 3 is 2.44 bits per heavy atom. The molecule has 5 nitrogen and oxygen atoms in total. The number of thioether (sulfide) groups is 1. The number of aryl methyl sites for hydroxylation is 1. The zero-order valence-electron chi connectivity index (χ0n) is 14.5. The van der Waals surface area contributed by atoms with Crippen LogP contribution in [0.4, 0.5) is 5.69 Å². The van der Waals surface area contributed by atoms with E-state index in [0.29, 0.717) is 15.9 Å². The van der Waals surface area contributed by atoms with E-state index in [-0.39, 0.29) is 11.7 Å². The number of amides is 1. The largest absolute Gasteiger partial charge is 0.323 e. The van der Waals surface area contributed by atoms with Gasteiger partial charge in [-0.15, -0.1) is 10.2 Å². The molecule has 1 aromatic heterocycles. The molecule has 3 rings (SSSR count). The molecule has 2 aromatic carbocycles. The Morgan fingerprint density at radius 2 is 1.81 bits per heavy atom. The molecule has 0 fully saturated rings.